The van der Waals surface area contributed by atoms with Gasteiger partial charge in [-0.3, -0.25) is 0 Å². The van der Waals surface area contributed by atoms with Crippen LogP contribution in [0.1, 0.15) is 17.0 Å². The Kier molecular flexibility index (Phi) is 3.81. The molecule has 1 unspecified atom stereocenters. The van der Waals surface area contributed by atoms with E-state index in [9.17, 15) is 0 Å². The zero-order chi connectivity index (χ0) is 13.9. The van der Waals surface area contributed by atoms with Gasteiger partial charge in [0.15, 0.2) is 11.5 Å². The highest BCUT2D eigenvalue weighted by Gasteiger charge is 2.18. The van der Waals surface area contributed by atoms with E-state index >= 15 is 0 Å². The molecule has 2 aromatic carbocycles. The Morgan fingerprint density at radius 3 is 2.70 bits per heavy atom. The summed E-state index contributed by atoms with van der Waals surface area (Å²) in [5, 5.41) is 0.784. The molecule has 1 aliphatic rings. The summed E-state index contributed by atoms with van der Waals surface area (Å²) >= 11 is 6.22. The molecule has 4 heteroatoms. The van der Waals surface area contributed by atoms with Gasteiger partial charge in [-0.05, 0) is 42.3 Å². The van der Waals surface area contributed by atoms with Gasteiger partial charge in [-0.2, -0.15) is 0 Å². The summed E-state index contributed by atoms with van der Waals surface area (Å²) in [5.41, 5.74) is 8.20. The lowest BCUT2D eigenvalue weighted by molar-refractivity contribution is 0.174. The number of rotatable bonds is 4. The third-order valence-electron chi connectivity index (χ3n) is 3.58. The Labute approximate surface area is 123 Å². The van der Waals surface area contributed by atoms with Crippen LogP contribution >= 0.6 is 11.6 Å². The number of ether oxygens (including phenoxy) is 2. The van der Waals surface area contributed by atoms with Crippen LogP contribution in [0.4, 0.5) is 0 Å². The van der Waals surface area contributed by atoms with Crippen molar-refractivity contribution in [3.05, 3.63) is 58.6 Å². The molecular formula is C16H16ClNO2. The van der Waals surface area contributed by atoms with Gasteiger partial charge in [-0.15, -0.1) is 0 Å². The number of halogens is 1. The largest absolute Gasteiger partial charge is 0.454 e. The first kappa shape index (κ1) is 13.3. The first-order valence-corrected chi connectivity index (χ1v) is 6.98. The summed E-state index contributed by atoms with van der Waals surface area (Å²) in [7, 11) is 0. The third-order valence-corrected chi connectivity index (χ3v) is 3.95. The summed E-state index contributed by atoms with van der Waals surface area (Å²) in [6.07, 6.45) is 0.815. The van der Waals surface area contributed by atoms with Crippen LogP contribution in [0.3, 0.4) is 0 Å². The maximum atomic E-state index is 6.22. The maximum absolute atomic E-state index is 6.22. The summed E-state index contributed by atoms with van der Waals surface area (Å²) in [5.74, 6) is 1.80. The molecule has 0 saturated carbocycles. The molecule has 0 radical (unpaired) electrons. The van der Waals surface area contributed by atoms with E-state index in [0.717, 1.165) is 34.1 Å². The summed E-state index contributed by atoms with van der Waals surface area (Å²) in [6.45, 7) is 0.849. The molecule has 1 atom stereocenters. The molecule has 2 aromatic rings. The molecule has 0 saturated heterocycles. The van der Waals surface area contributed by atoms with Gasteiger partial charge < -0.3 is 15.2 Å². The van der Waals surface area contributed by atoms with Crippen molar-refractivity contribution >= 4 is 11.6 Å². The van der Waals surface area contributed by atoms with Crippen LogP contribution in [0.25, 0.3) is 0 Å². The Hall–Kier alpha value is -1.71. The zero-order valence-corrected chi connectivity index (χ0v) is 11.8. The minimum absolute atomic E-state index is 0.212. The van der Waals surface area contributed by atoms with Crippen LogP contribution in [-0.4, -0.2) is 13.3 Å². The van der Waals surface area contributed by atoms with E-state index in [1.165, 1.54) is 0 Å². The topological polar surface area (TPSA) is 44.5 Å². The van der Waals surface area contributed by atoms with Crippen molar-refractivity contribution in [2.75, 3.05) is 13.3 Å². The molecule has 1 aliphatic heterocycles. The second-order valence-electron chi connectivity index (χ2n) is 4.84. The number of benzene rings is 2. The highest BCUT2D eigenvalue weighted by molar-refractivity contribution is 6.31. The predicted molar refractivity (Wildman–Crippen MR) is 79.5 cm³/mol. The Bertz CT molecular complexity index is 615. The molecule has 0 aromatic heterocycles. The van der Waals surface area contributed by atoms with Gasteiger partial charge >= 0.3 is 0 Å². The number of hydrogen-bond donors (Lipinski definition) is 1. The molecule has 104 valence electrons. The van der Waals surface area contributed by atoms with Crippen molar-refractivity contribution in [1.82, 2.24) is 0 Å². The summed E-state index contributed by atoms with van der Waals surface area (Å²) < 4.78 is 10.7. The number of hydrogen-bond acceptors (Lipinski definition) is 3. The second-order valence-corrected chi connectivity index (χ2v) is 5.25. The van der Waals surface area contributed by atoms with Crippen molar-refractivity contribution < 1.29 is 9.47 Å². The maximum Gasteiger partial charge on any atom is 0.231 e. The van der Waals surface area contributed by atoms with Crippen molar-refractivity contribution in [1.29, 1.82) is 0 Å². The van der Waals surface area contributed by atoms with Crippen LogP contribution in [0.15, 0.2) is 42.5 Å². The van der Waals surface area contributed by atoms with Gasteiger partial charge in [0, 0.05) is 10.9 Å². The minimum atomic E-state index is 0.212. The highest BCUT2D eigenvalue weighted by atomic mass is 35.5. The van der Waals surface area contributed by atoms with E-state index in [2.05, 4.69) is 0 Å². The zero-order valence-electron chi connectivity index (χ0n) is 11.0. The van der Waals surface area contributed by atoms with Gasteiger partial charge in [0.2, 0.25) is 6.79 Å². The molecule has 20 heavy (non-hydrogen) atoms. The fourth-order valence-corrected chi connectivity index (χ4v) is 2.65. The average Bonchev–Trinajstić information content (AvgIpc) is 2.94. The van der Waals surface area contributed by atoms with Crippen molar-refractivity contribution in [2.24, 2.45) is 5.73 Å². The average molecular weight is 290 g/mol. The van der Waals surface area contributed by atoms with Gasteiger partial charge in [-0.1, -0.05) is 35.9 Å². The lowest BCUT2D eigenvalue weighted by atomic mass is 9.92. The van der Waals surface area contributed by atoms with Crippen LogP contribution in [0.2, 0.25) is 5.02 Å². The third kappa shape index (κ3) is 2.60. The molecule has 3 nitrogen and oxygen atoms in total. The SMILES string of the molecule is NCC(Cc1ccccc1Cl)c1ccc2c(c1)OCO2. The van der Waals surface area contributed by atoms with Crippen LogP contribution < -0.4 is 15.2 Å². The fourth-order valence-electron chi connectivity index (χ4n) is 2.43. The molecule has 0 amide bonds. The van der Waals surface area contributed by atoms with Gasteiger partial charge in [0.05, 0.1) is 0 Å². The van der Waals surface area contributed by atoms with Crippen molar-refractivity contribution in [3.8, 4) is 11.5 Å². The summed E-state index contributed by atoms with van der Waals surface area (Å²) in [6, 6.07) is 13.9. The molecule has 1 heterocycles. The van der Waals surface area contributed by atoms with Crippen LogP contribution in [0, 0.1) is 0 Å². The van der Waals surface area contributed by atoms with Crippen LogP contribution in [0.5, 0.6) is 11.5 Å². The fraction of sp³-hybridized carbons (Fsp3) is 0.250. The second kappa shape index (κ2) is 5.73. The van der Waals surface area contributed by atoms with E-state index < -0.39 is 0 Å². The molecule has 0 aliphatic carbocycles. The Morgan fingerprint density at radius 1 is 1.10 bits per heavy atom. The molecule has 3 rings (SSSR count). The van der Waals surface area contributed by atoms with E-state index in [0.29, 0.717) is 6.54 Å². The van der Waals surface area contributed by atoms with Gasteiger partial charge in [-0.25, -0.2) is 0 Å². The molecular weight excluding hydrogens is 274 g/mol. The standard InChI is InChI=1S/C16H16ClNO2/c17-14-4-2-1-3-12(14)7-13(9-18)11-5-6-15-16(8-11)20-10-19-15/h1-6,8,13H,7,9-10,18H2. The summed E-state index contributed by atoms with van der Waals surface area (Å²) in [4.78, 5) is 0. The quantitative estimate of drug-likeness (QED) is 0.939. The van der Waals surface area contributed by atoms with Crippen molar-refractivity contribution in [3.63, 3.8) is 0 Å². The first-order valence-electron chi connectivity index (χ1n) is 6.61. The lowest BCUT2D eigenvalue weighted by Gasteiger charge is -2.16. The van der Waals surface area contributed by atoms with E-state index in [-0.39, 0.29) is 12.7 Å². The van der Waals surface area contributed by atoms with E-state index in [1.807, 2.05) is 42.5 Å². The number of fused-ring (bicyclic) bond motifs is 1. The van der Waals surface area contributed by atoms with E-state index in [4.69, 9.17) is 26.8 Å². The predicted octanol–water partition coefficient (Wildman–Crippen LogP) is 3.35. The lowest BCUT2D eigenvalue weighted by Crippen LogP contribution is -2.15. The molecule has 0 bridgehead atoms. The molecule has 0 spiro atoms. The first-order chi connectivity index (χ1) is 9.78. The van der Waals surface area contributed by atoms with Crippen LogP contribution in [-0.2, 0) is 6.42 Å². The van der Waals surface area contributed by atoms with Gasteiger partial charge in [0.25, 0.3) is 0 Å². The molecule has 0 fully saturated rings. The monoisotopic (exact) mass is 289 g/mol. The number of nitrogens with two attached hydrogens (primary N) is 1. The molecule has 2 N–H and O–H groups in total. The minimum Gasteiger partial charge on any atom is -0.454 e. The Morgan fingerprint density at radius 2 is 1.90 bits per heavy atom. The normalized spacial score (nSPS) is 14.3. The smallest absolute Gasteiger partial charge is 0.231 e. The highest BCUT2D eigenvalue weighted by Crippen LogP contribution is 2.35. The van der Waals surface area contributed by atoms with Crippen molar-refractivity contribution in [2.45, 2.75) is 12.3 Å². The van der Waals surface area contributed by atoms with E-state index in [1.54, 1.807) is 0 Å². The Balaban J connectivity index is 1.85. The van der Waals surface area contributed by atoms with Gasteiger partial charge in [0.1, 0.15) is 0 Å².